The van der Waals surface area contributed by atoms with Crippen LogP contribution in [0.5, 0.6) is 5.88 Å². The number of rotatable bonds is 6. The highest BCUT2D eigenvalue weighted by atomic mass is 127. The smallest absolute Gasteiger partial charge is 0.421 e. The Kier molecular flexibility index (Phi) is 9.14. The van der Waals surface area contributed by atoms with Gasteiger partial charge < -0.3 is 15.4 Å². The van der Waals surface area contributed by atoms with Crippen molar-refractivity contribution in [1.29, 1.82) is 0 Å². The molecule has 0 bridgehead atoms. The zero-order valence-corrected chi connectivity index (χ0v) is 14.8. The number of hydrogen-bond donors (Lipinski definition) is 1. The third-order valence-corrected chi connectivity index (χ3v) is 2.77. The van der Waals surface area contributed by atoms with Gasteiger partial charge in [-0.25, -0.2) is 9.98 Å². The SMILES string of the molecule is CCN(CC)C(N)=NCCOc1ncccc1C(F)(F)F.I. The Morgan fingerprint density at radius 3 is 2.55 bits per heavy atom. The highest BCUT2D eigenvalue weighted by molar-refractivity contribution is 14.0. The topological polar surface area (TPSA) is 63.7 Å². The van der Waals surface area contributed by atoms with Crippen molar-refractivity contribution in [3.05, 3.63) is 23.9 Å². The van der Waals surface area contributed by atoms with Crippen LogP contribution in [-0.2, 0) is 6.18 Å². The van der Waals surface area contributed by atoms with Crippen LogP contribution in [0, 0.1) is 0 Å². The first kappa shape index (κ1) is 20.7. The molecule has 0 atom stereocenters. The monoisotopic (exact) mass is 432 g/mol. The maximum absolute atomic E-state index is 12.7. The number of aromatic nitrogens is 1. The molecule has 9 heteroatoms. The molecule has 1 aromatic rings. The highest BCUT2D eigenvalue weighted by Crippen LogP contribution is 2.34. The molecule has 1 heterocycles. The molecule has 0 aromatic carbocycles. The van der Waals surface area contributed by atoms with Gasteiger partial charge in [-0.3, -0.25) is 0 Å². The normalized spacial score (nSPS) is 11.8. The molecule has 0 spiro atoms. The van der Waals surface area contributed by atoms with Gasteiger partial charge in [0.1, 0.15) is 12.2 Å². The third-order valence-electron chi connectivity index (χ3n) is 2.77. The Hall–Kier alpha value is -1.26. The van der Waals surface area contributed by atoms with Crippen molar-refractivity contribution in [2.45, 2.75) is 20.0 Å². The Balaban J connectivity index is 0.00000441. The second-order valence-corrected chi connectivity index (χ2v) is 4.11. The molecular formula is C13H20F3IN4O. The van der Waals surface area contributed by atoms with E-state index >= 15 is 0 Å². The predicted molar refractivity (Wildman–Crippen MR) is 89.6 cm³/mol. The molecule has 5 nitrogen and oxygen atoms in total. The van der Waals surface area contributed by atoms with Crippen molar-refractivity contribution >= 4 is 29.9 Å². The minimum Gasteiger partial charge on any atom is -0.475 e. The second-order valence-electron chi connectivity index (χ2n) is 4.11. The minimum absolute atomic E-state index is 0. The summed E-state index contributed by atoms with van der Waals surface area (Å²) >= 11 is 0. The van der Waals surface area contributed by atoms with Gasteiger partial charge in [-0.15, -0.1) is 24.0 Å². The molecule has 0 amide bonds. The first-order valence-corrected chi connectivity index (χ1v) is 6.60. The molecule has 0 radical (unpaired) electrons. The number of alkyl halides is 3. The van der Waals surface area contributed by atoms with E-state index in [0.717, 1.165) is 6.07 Å². The molecule has 1 aromatic heterocycles. The van der Waals surface area contributed by atoms with E-state index in [1.54, 1.807) is 0 Å². The van der Waals surface area contributed by atoms with Crippen LogP contribution in [0.25, 0.3) is 0 Å². The molecular weight excluding hydrogens is 412 g/mol. The molecule has 0 aliphatic carbocycles. The second kappa shape index (κ2) is 9.70. The summed E-state index contributed by atoms with van der Waals surface area (Å²) in [5.41, 5.74) is 4.84. The third kappa shape index (κ3) is 6.24. The maximum atomic E-state index is 12.7. The number of ether oxygens (including phenoxy) is 1. The fourth-order valence-corrected chi connectivity index (χ4v) is 1.67. The van der Waals surface area contributed by atoms with Crippen LogP contribution in [0.1, 0.15) is 19.4 Å². The lowest BCUT2D eigenvalue weighted by atomic mass is 10.2. The zero-order chi connectivity index (χ0) is 15.9. The molecule has 1 rings (SSSR count). The van der Waals surface area contributed by atoms with Gasteiger partial charge in [-0.05, 0) is 26.0 Å². The van der Waals surface area contributed by atoms with Gasteiger partial charge in [0.25, 0.3) is 0 Å². The van der Waals surface area contributed by atoms with Crippen LogP contribution in [0.4, 0.5) is 13.2 Å². The average molecular weight is 432 g/mol. The van der Waals surface area contributed by atoms with Gasteiger partial charge in [0, 0.05) is 19.3 Å². The summed E-state index contributed by atoms with van der Waals surface area (Å²) < 4.78 is 43.2. The first-order chi connectivity index (χ1) is 9.90. The van der Waals surface area contributed by atoms with E-state index in [4.69, 9.17) is 10.5 Å². The lowest BCUT2D eigenvalue weighted by molar-refractivity contribution is -0.139. The standard InChI is InChI=1S/C13H19F3N4O.HI/c1-3-20(4-2)12(17)19-8-9-21-11-10(13(14,15)16)6-5-7-18-11;/h5-7H,3-4,8-9H2,1-2H3,(H2,17,19);1H. The highest BCUT2D eigenvalue weighted by Gasteiger charge is 2.34. The molecule has 2 N–H and O–H groups in total. The Bertz CT molecular complexity index is 479. The molecule has 0 unspecified atom stereocenters. The lowest BCUT2D eigenvalue weighted by Gasteiger charge is -2.19. The quantitative estimate of drug-likeness (QED) is 0.325. The Morgan fingerprint density at radius 2 is 2.00 bits per heavy atom. The number of halogens is 4. The summed E-state index contributed by atoms with van der Waals surface area (Å²) in [6.45, 7) is 5.44. The fraction of sp³-hybridized carbons (Fsp3) is 0.538. The van der Waals surface area contributed by atoms with Gasteiger partial charge in [0.05, 0.1) is 6.54 Å². The maximum Gasteiger partial charge on any atom is 0.421 e. The average Bonchev–Trinajstić information content (AvgIpc) is 2.44. The van der Waals surface area contributed by atoms with Crippen LogP contribution in [0.3, 0.4) is 0 Å². The Labute approximate surface area is 144 Å². The van der Waals surface area contributed by atoms with E-state index in [1.165, 1.54) is 12.3 Å². The van der Waals surface area contributed by atoms with Crippen molar-refractivity contribution in [3.8, 4) is 5.88 Å². The van der Waals surface area contributed by atoms with Gasteiger partial charge >= 0.3 is 6.18 Å². The first-order valence-electron chi connectivity index (χ1n) is 6.60. The number of nitrogens with zero attached hydrogens (tertiary/aromatic N) is 3. The van der Waals surface area contributed by atoms with E-state index in [9.17, 15) is 13.2 Å². The number of guanidine groups is 1. The number of aliphatic imine (C=N–C) groups is 1. The Morgan fingerprint density at radius 1 is 1.36 bits per heavy atom. The van der Waals surface area contributed by atoms with Crippen LogP contribution in [-0.4, -0.2) is 42.1 Å². The summed E-state index contributed by atoms with van der Waals surface area (Å²) in [7, 11) is 0. The fourth-order valence-electron chi connectivity index (χ4n) is 1.67. The molecule has 126 valence electrons. The number of nitrogens with two attached hydrogens (primary N) is 1. The summed E-state index contributed by atoms with van der Waals surface area (Å²) in [5, 5.41) is 0. The van der Waals surface area contributed by atoms with E-state index in [-0.39, 0.29) is 37.1 Å². The molecule has 0 aliphatic heterocycles. The lowest BCUT2D eigenvalue weighted by Crippen LogP contribution is -2.37. The summed E-state index contributed by atoms with van der Waals surface area (Å²) in [5.74, 6) is -0.0951. The van der Waals surface area contributed by atoms with Gasteiger partial charge in [0.15, 0.2) is 5.96 Å². The van der Waals surface area contributed by atoms with Gasteiger partial charge in [-0.1, -0.05) is 0 Å². The van der Waals surface area contributed by atoms with E-state index < -0.39 is 17.6 Å². The zero-order valence-electron chi connectivity index (χ0n) is 12.4. The van der Waals surface area contributed by atoms with Crippen LogP contribution >= 0.6 is 24.0 Å². The van der Waals surface area contributed by atoms with E-state index in [2.05, 4.69) is 9.98 Å². The van der Waals surface area contributed by atoms with Crippen LogP contribution in [0.2, 0.25) is 0 Å². The van der Waals surface area contributed by atoms with E-state index in [0.29, 0.717) is 19.0 Å². The molecule has 0 saturated heterocycles. The largest absolute Gasteiger partial charge is 0.475 e. The van der Waals surface area contributed by atoms with Crippen molar-refractivity contribution in [2.24, 2.45) is 10.7 Å². The predicted octanol–water partition coefficient (Wildman–Crippen LogP) is 2.75. The van der Waals surface area contributed by atoms with Crippen molar-refractivity contribution in [1.82, 2.24) is 9.88 Å². The van der Waals surface area contributed by atoms with Crippen molar-refractivity contribution in [3.63, 3.8) is 0 Å². The van der Waals surface area contributed by atoms with Gasteiger partial charge in [-0.2, -0.15) is 13.2 Å². The molecule has 0 saturated carbocycles. The molecule has 0 fully saturated rings. The minimum atomic E-state index is -4.49. The van der Waals surface area contributed by atoms with Crippen LogP contribution in [0.15, 0.2) is 23.3 Å². The van der Waals surface area contributed by atoms with Gasteiger partial charge in [0.2, 0.25) is 5.88 Å². The number of pyridine rings is 1. The van der Waals surface area contributed by atoms with Crippen molar-refractivity contribution < 1.29 is 17.9 Å². The molecule has 0 aliphatic rings. The molecule has 22 heavy (non-hydrogen) atoms. The summed E-state index contributed by atoms with van der Waals surface area (Å²) in [6.07, 6.45) is -3.24. The van der Waals surface area contributed by atoms with Crippen LogP contribution < -0.4 is 10.5 Å². The van der Waals surface area contributed by atoms with E-state index in [1.807, 2.05) is 18.7 Å². The summed E-state index contributed by atoms with van der Waals surface area (Å²) in [4.78, 5) is 9.49. The van der Waals surface area contributed by atoms with Crippen molar-refractivity contribution in [2.75, 3.05) is 26.2 Å². The number of hydrogen-bond acceptors (Lipinski definition) is 3. The summed E-state index contributed by atoms with van der Waals surface area (Å²) in [6, 6.07) is 2.14.